The summed E-state index contributed by atoms with van der Waals surface area (Å²) in [5, 5.41) is 11.7. The van der Waals surface area contributed by atoms with E-state index in [0.29, 0.717) is 0 Å². The Balaban J connectivity index is 2.32. The molecular weight excluding hydrogens is 392 g/mol. The molecule has 0 aliphatic rings. The predicted molar refractivity (Wildman–Crippen MR) is 121 cm³/mol. The van der Waals surface area contributed by atoms with Crippen molar-refractivity contribution < 1.29 is 8.42 Å². The quantitative estimate of drug-likeness (QED) is 0.282. The minimum Gasteiger partial charge on any atom is -0.207 e. The molecule has 0 aliphatic heterocycles. The second-order valence-corrected chi connectivity index (χ2v) is 8.51. The van der Waals surface area contributed by atoms with Gasteiger partial charge in [-0.25, -0.2) is 8.42 Å². The first kappa shape index (κ1) is 21.3. The fourth-order valence-electron chi connectivity index (χ4n) is 3.48. The first-order chi connectivity index (χ1) is 14.5. The molecule has 1 atom stereocenters. The molecule has 0 radical (unpaired) electrons. The van der Waals surface area contributed by atoms with Crippen LogP contribution in [0.15, 0.2) is 115 Å². The number of benzene rings is 3. The first-order valence-electron chi connectivity index (χ1n) is 9.42. The lowest BCUT2D eigenvalue weighted by Crippen LogP contribution is -2.36. The van der Waals surface area contributed by atoms with Crippen molar-refractivity contribution in [1.29, 1.82) is 5.26 Å². The molecule has 0 N–H and O–H groups in total. The van der Waals surface area contributed by atoms with Crippen LogP contribution in [0.25, 0.3) is 10.8 Å². The standard InChI is InChI=1S/C25H22N2O2S/c1-3-11-21(19-26)25(24-17-10-13-20-12-8-9-16-23(20)24)27(18-4-2)30(28,29)22-14-6-5-7-15-22/h3-17,25H,1-2,18H2/b21-11+. The molecule has 30 heavy (non-hydrogen) atoms. The van der Waals surface area contributed by atoms with E-state index in [1.807, 2.05) is 42.5 Å². The summed E-state index contributed by atoms with van der Waals surface area (Å²) in [6.45, 7) is 7.49. The zero-order valence-corrected chi connectivity index (χ0v) is 17.3. The summed E-state index contributed by atoms with van der Waals surface area (Å²) in [6, 6.07) is 23.0. The van der Waals surface area contributed by atoms with Crippen LogP contribution < -0.4 is 0 Å². The van der Waals surface area contributed by atoms with E-state index >= 15 is 0 Å². The van der Waals surface area contributed by atoms with Gasteiger partial charge >= 0.3 is 0 Å². The van der Waals surface area contributed by atoms with Gasteiger partial charge in [-0.15, -0.1) is 6.58 Å². The van der Waals surface area contributed by atoms with E-state index < -0.39 is 16.1 Å². The molecule has 5 heteroatoms. The van der Waals surface area contributed by atoms with Gasteiger partial charge in [-0.3, -0.25) is 0 Å². The molecule has 3 aromatic rings. The highest BCUT2D eigenvalue weighted by Crippen LogP contribution is 2.37. The molecule has 0 aromatic heterocycles. The minimum atomic E-state index is -3.92. The molecule has 0 saturated carbocycles. The Morgan fingerprint density at radius 3 is 2.33 bits per heavy atom. The predicted octanol–water partition coefficient (Wildman–Crippen LogP) is 5.39. The molecule has 0 saturated heterocycles. The van der Waals surface area contributed by atoms with E-state index in [2.05, 4.69) is 19.2 Å². The van der Waals surface area contributed by atoms with Crippen LogP contribution in [-0.4, -0.2) is 19.3 Å². The third kappa shape index (κ3) is 4.11. The molecule has 0 fully saturated rings. The van der Waals surface area contributed by atoms with Crippen molar-refractivity contribution in [3.05, 3.63) is 115 Å². The average Bonchev–Trinajstić information content (AvgIpc) is 2.78. The van der Waals surface area contributed by atoms with E-state index in [0.717, 1.165) is 16.3 Å². The van der Waals surface area contributed by atoms with Crippen molar-refractivity contribution >= 4 is 20.8 Å². The molecule has 0 amide bonds. The van der Waals surface area contributed by atoms with Crippen LogP contribution in [0.1, 0.15) is 11.6 Å². The average molecular weight is 415 g/mol. The molecule has 0 spiro atoms. The molecule has 150 valence electrons. The van der Waals surface area contributed by atoms with Gasteiger partial charge in [0.15, 0.2) is 0 Å². The van der Waals surface area contributed by atoms with Gasteiger partial charge in [0.25, 0.3) is 0 Å². The van der Waals surface area contributed by atoms with Crippen LogP contribution in [0.5, 0.6) is 0 Å². The van der Waals surface area contributed by atoms with Crippen LogP contribution in [0.4, 0.5) is 0 Å². The number of rotatable bonds is 8. The second-order valence-electron chi connectivity index (χ2n) is 6.62. The molecule has 3 aromatic carbocycles. The van der Waals surface area contributed by atoms with E-state index in [1.165, 1.54) is 16.5 Å². The SMILES string of the molecule is C=C/C=C(\C#N)C(c1cccc2ccccc12)N(CC=C)S(=O)(=O)c1ccccc1. The van der Waals surface area contributed by atoms with Gasteiger partial charge in [0.2, 0.25) is 10.0 Å². The maximum absolute atomic E-state index is 13.6. The fourth-order valence-corrected chi connectivity index (χ4v) is 5.06. The highest BCUT2D eigenvalue weighted by Gasteiger charge is 2.34. The number of allylic oxidation sites excluding steroid dienone is 2. The van der Waals surface area contributed by atoms with Crippen LogP contribution in [-0.2, 0) is 10.0 Å². The van der Waals surface area contributed by atoms with Gasteiger partial charge in [-0.1, -0.05) is 79.4 Å². The lowest BCUT2D eigenvalue weighted by atomic mass is 9.93. The van der Waals surface area contributed by atoms with Gasteiger partial charge in [0, 0.05) is 6.54 Å². The van der Waals surface area contributed by atoms with Crippen LogP contribution in [0.3, 0.4) is 0 Å². The number of hydrogen-bond donors (Lipinski definition) is 0. The van der Waals surface area contributed by atoms with Gasteiger partial charge in [-0.05, 0) is 34.5 Å². The molecule has 1 unspecified atom stereocenters. The van der Waals surface area contributed by atoms with Gasteiger partial charge in [-0.2, -0.15) is 9.57 Å². The zero-order valence-electron chi connectivity index (χ0n) is 16.5. The van der Waals surface area contributed by atoms with Crippen molar-refractivity contribution in [1.82, 2.24) is 4.31 Å². The van der Waals surface area contributed by atoms with Gasteiger partial charge in [0.1, 0.15) is 0 Å². The summed E-state index contributed by atoms with van der Waals surface area (Å²) in [5.41, 5.74) is 1.01. The maximum Gasteiger partial charge on any atom is 0.244 e. The summed E-state index contributed by atoms with van der Waals surface area (Å²) >= 11 is 0. The van der Waals surface area contributed by atoms with Crippen LogP contribution >= 0.6 is 0 Å². The topological polar surface area (TPSA) is 61.2 Å². The van der Waals surface area contributed by atoms with Crippen molar-refractivity contribution in [2.45, 2.75) is 10.9 Å². The number of hydrogen-bond acceptors (Lipinski definition) is 3. The Kier molecular flexibility index (Phi) is 6.63. The van der Waals surface area contributed by atoms with Gasteiger partial charge in [0.05, 0.1) is 22.6 Å². The Morgan fingerprint density at radius 1 is 1.00 bits per heavy atom. The fraction of sp³-hybridized carbons (Fsp3) is 0.0800. The monoisotopic (exact) mass is 414 g/mol. The third-order valence-corrected chi connectivity index (χ3v) is 6.63. The maximum atomic E-state index is 13.6. The molecular formula is C25H22N2O2S. The molecule has 3 rings (SSSR count). The Labute approximate surface area is 177 Å². The lowest BCUT2D eigenvalue weighted by Gasteiger charge is -2.31. The molecule has 0 bridgehead atoms. The van der Waals surface area contributed by atoms with Gasteiger partial charge < -0.3 is 0 Å². The summed E-state index contributed by atoms with van der Waals surface area (Å²) in [4.78, 5) is 0.160. The van der Waals surface area contributed by atoms with Crippen LogP contribution in [0, 0.1) is 11.3 Å². The highest BCUT2D eigenvalue weighted by atomic mass is 32.2. The third-order valence-electron chi connectivity index (χ3n) is 4.79. The number of nitrogens with zero attached hydrogens (tertiary/aromatic N) is 2. The molecule has 4 nitrogen and oxygen atoms in total. The van der Waals surface area contributed by atoms with Crippen molar-refractivity contribution in [3.63, 3.8) is 0 Å². The largest absolute Gasteiger partial charge is 0.244 e. The van der Waals surface area contributed by atoms with Crippen molar-refractivity contribution in [2.24, 2.45) is 0 Å². The molecule has 0 heterocycles. The smallest absolute Gasteiger partial charge is 0.207 e. The Morgan fingerprint density at radius 2 is 1.67 bits per heavy atom. The van der Waals surface area contributed by atoms with E-state index in [1.54, 1.807) is 36.4 Å². The van der Waals surface area contributed by atoms with Crippen LogP contribution in [0.2, 0.25) is 0 Å². The summed E-state index contributed by atoms with van der Waals surface area (Å²) in [6.07, 6.45) is 4.59. The van der Waals surface area contributed by atoms with E-state index in [-0.39, 0.29) is 17.0 Å². The summed E-state index contributed by atoms with van der Waals surface area (Å²) in [5.74, 6) is 0. The van der Waals surface area contributed by atoms with E-state index in [9.17, 15) is 13.7 Å². The Bertz CT molecular complexity index is 1230. The Hall–Kier alpha value is -3.46. The normalized spacial score (nSPS) is 13.0. The minimum absolute atomic E-state index is 0.0429. The highest BCUT2D eigenvalue weighted by molar-refractivity contribution is 7.89. The number of sulfonamides is 1. The zero-order chi connectivity index (χ0) is 21.6. The summed E-state index contributed by atoms with van der Waals surface area (Å²) < 4.78 is 28.5. The number of nitriles is 1. The lowest BCUT2D eigenvalue weighted by molar-refractivity contribution is 0.391. The molecule has 0 aliphatic carbocycles. The summed E-state index contributed by atoms with van der Waals surface area (Å²) in [7, 11) is -3.92. The van der Waals surface area contributed by atoms with Crippen molar-refractivity contribution in [3.8, 4) is 6.07 Å². The van der Waals surface area contributed by atoms with E-state index in [4.69, 9.17) is 0 Å². The van der Waals surface area contributed by atoms with Crippen molar-refractivity contribution in [2.75, 3.05) is 6.54 Å². The number of fused-ring (bicyclic) bond motifs is 1. The first-order valence-corrected chi connectivity index (χ1v) is 10.9. The second kappa shape index (κ2) is 9.36.